The number of carbonyl (C=O) groups excluding carboxylic acids is 1. The smallest absolute Gasteiger partial charge is 0.323 e. The van der Waals surface area contributed by atoms with Crippen LogP contribution in [0.3, 0.4) is 0 Å². The summed E-state index contributed by atoms with van der Waals surface area (Å²) < 4.78 is 0. The number of carboxylic acid groups (broad SMARTS) is 2. The lowest BCUT2D eigenvalue weighted by molar-refractivity contribution is -0.149. The molecule has 0 saturated heterocycles. The van der Waals surface area contributed by atoms with Crippen LogP contribution in [0.2, 0.25) is 0 Å². The Morgan fingerprint density at radius 2 is 1.90 bits per heavy atom. The van der Waals surface area contributed by atoms with Gasteiger partial charge in [-0.25, -0.2) is 4.98 Å². The van der Waals surface area contributed by atoms with Crippen molar-refractivity contribution in [2.24, 2.45) is 0 Å². The second kappa shape index (κ2) is 8.63. The second-order valence-electron chi connectivity index (χ2n) is 4.20. The molecule has 0 atom stereocenters. The fourth-order valence-electron chi connectivity index (χ4n) is 1.53. The van der Waals surface area contributed by atoms with E-state index < -0.39 is 30.9 Å². The number of thiazole rings is 1. The van der Waals surface area contributed by atoms with Crippen LogP contribution < -0.4 is 0 Å². The van der Waals surface area contributed by atoms with Crippen molar-refractivity contribution >= 4 is 40.9 Å². The lowest BCUT2D eigenvalue weighted by atomic mass is 10.3. The molecule has 0 bridgehead atoms. The van der Waals surface area contributed by atoms with Crippen LogP contribution in [0.25, 0.3) is 0 Å². The van der Waals surface area contributed by atoms with Crippen molar-refractivity contribution in [2.75, 3.05) is 18.8 Å². The molecule has 1 amide bonds. The van der Waals surface area contributed by atoms with Crippen molar-refractivity contribution in [1.29, 1.82) is 0 Å². The molecule has 7 nitrogen and oxygen atoms in total. The molecule has 21 heavy (non-hydrogen) atoms. The fourth-order valence-corrected chi connectivity index (χ4v) is 3.07. The van der Waals surface area contributed by atoms with Crippen LogP contribution in [0.4, 0.5) is 0 Å². The minimum Gasteiger partial charge on any atom is -0.480 e. The highest BCUT2D eigenvalue weighted by molar-refractivity contribution is 7.98. The average molecular weight is 332 g/mol. The zero-order valence-electron chi connectivity index (χ0n) is 11.4. The highest BCUT2D eigenvalue weighted by Gasteiger charge is 2.19. The number of aryl methyl sites for hydroxylation is 1. The van der Waals surface area contributed by atoms with E-state index in [1.807, 2.05) is 12.3 Å². The summed E-state index contributed by atoms with van der Waals surface area (Å²) in [6.45, 7) is 0.722. The van der Waals surface area contributed by atoms with Gasteiger partial charge in [-0.2, -0.15) is 11.8 Å². The number of rotatable bonds is 9. The molecule has 9 heteroatoms. The minimum atomic E-state index is -1.23. The Morgan fingerprint density at radius 3 is 2.38 bits per heavy atom. The van der Waals surface area contributed by atoms with Crippen LogP contribution in [-0.4, -0.2) is 56.8 Å². The Balaban J connectivity index is 2.35. The predicted octanol–water partition coefficient (Wildman–Crippen LogP) is 1.07. The summed E-state index contributed by atoms with van der Waals surface area (Å²) >= 11 is 3.06. The van der Waals surface area contributed by atoms with Gasteiger partial charge in [0.05, 0.1) is 10.7 Å². The van der Waals surface area contributed by atoms with E-state index >= 15 is 0 Å². The summed E-state index contributed by atoms with van der Waals surface area (Å²) in [7, 11) is 0. The average Bonchev–Trinajstić information content (AvgIpc) is 2.78. The zero-order valence-corrected chi connectivity index (χ0v) is 13.1. The molecule has 0 aromatic carbocycles. The Bertz CT molecular complexity index is 502. The predicted molar refractivity (Wildman–Crippen MR) is 79.5 cm³/mol. The number of aromatic nitrogens is 1. The number of carboxylic acids is 2. The van der Waals surface area contributed by atoms with Crippen LogP contribution in [0.1, 0.15) is 17.1 Å². The van der Waals surface area contributed by atoms with Gasteiger partial charge in [-0.3, -0.25) is 14.4 Å². The number of hydrogen-bond donors (Lipinski definition) is 2. The van der Waals surface area contributed by atoms with Gasteiger partial charge in [-0.05, 0) is 6.92 Å². The Kier molecular flexibility index (Phi) is 7.17. The van der Waals surface area contributed by atoms with E-state index in [4.69, 9.17) is 10.2 Å². The van der Waals surface area contributed by atoms with Crippen LogP contribution >= 0.6 is 23.1 Å². The lowest BCUT2D eigenvalue weighted by Crippen LogP contribution is -2.39. The van der Waals surface area contributed by atoms with Gasteiger partial charge in [-0.1, -0.05) is 0 Å². The van der Waals surface area contributed by atoms with E-state index in [2.05, 4.69) is 4.98 Å². The maximum Gasteiger partial charge on any atom is 0.323 e. The molecule has 0 radical (unpaired) electrons. The van der Waals surface area contributed by atoms with Gasteiger partial charge in [0.15, 0.2) is 0 Å². The number of amides is 1. The third-order valence-electron chi connectivity index (χ3n) is 2.38. The molecule has 0 spiro atoms. The van der Waals surface area contributed by atoms with Crippen LogP contribution in [0.5, 0.6) is 0 Å². The minimum absolute atomic E-state index is 0.106. The van der Waals surface area contributed by atoms with E-state index in [-0.39, 0.29) is 6.42 Å². The van der Waals surface area contributed by atoms with E-state index in [0.29, 0.717) is 11.5 Å². The SMILES string of the molecule is Cc1nc(CSCCC(=O)N(CC(=O)O)CC(=O)O)cs1. The van der Waals surface area contributed by atoms with Crippen molar-refractivity contribution in [2.45, 2.75) is 19.1 Å². The van der Waals surface area contributed by atoms with Crippen molar-refractivity contribution < 1.29 is 24.6 Å². The fraction of sp³-hybridized carbons (Fsp3) is 0.500. The van der Waals surface area contributed by atoms with Gasteiger partial charge in [0, 0.05) is 23.3 Å². The first kappa shape index (κ1) is 17.4. The molecule has 0 aliphatic carbocycles. The summed E-state index contributed by atoms with van der Waals surface area (Å²) in [5.74, 6) is -1.76. The molecule has 0 fully saturated rings. The largest absolute Gasteiger partial charge is 0.480 e. The maximum atomic E-state index is 11.8. The number of hydrogen-bond acceptors (Lipinski definition) is 6. The second-order valence-corrected chi connectivity index (χ2v) is 6.37. The highest BCUT2D eigenvalue weighted by atomic mass is 32.2. The van der Waals surface area contributed by atoms with Crippen molar-refractivity contribution in [3.8, 4) is 0 Å². The van der Waals surface area contributed by atoms with Gasteiger partial charge in [0.25, 0.3) is 0 Å². The first-order chi connectivity index (χ1) is 9.88. The summed E-state index contributed by atoms with van der Waals surface area (Å²) in [6.07, 6.45) is 0.106. The number of thioether (sulfide) groups is 1. The van der Waals surface area contributed by atoms with Crippen molar-refractivity contribution in [3.05, 3.63) is 16.1 Å². The van der Waals surface area contributed by atoms with Crippen LogP contribution in [-0.2, 0) is 20.1 Å². The normalized spacial score (nSPS) is 10.3. The molecule has 116 valence electrons. The molecule has 0 unspecified atom stereocenters. The molecule has 0 aliphatic heterocycles. The molecule has 1 aromatic rings. The lowest BCUT2D eigenvalue weighted by Gasteiger charge is -2.18. The van der Waals surface area contributed by atoms with E-state index in [1.165, 1.54) is 11.8 Å². The monoisotopic (exact) mass is 332 g/mol. The quantitative estimate of drug-likeness (QED) is 0.651. The summed E-state index contributed by atoms with van der Waals surface area (Å²) in [4.78, 5) is 38.1. The van der Waals surface area contributed by atoms with Crippen LogP contribution in [0, 0.1) is 6.92 Å². The highest BCUT2D eigenvalue weighted by Crippen LogP contribution is 2.16. The Labute approximate surface area is 130 Å². The molecule has 1 rings (SSSR count). The third-order valence-corrected chi connectivity index (χ3v) is 4.20. The van der Waals surface area contributed by atoms with Gasteiger partial charge >= 0.3 is 11.9 Å². The molecule has 0 aliphatic rings. The summed E-state index contributed by atoms with van der Waals surface area (Å²) in [5, 5.41) is 20.3. The Morgan fingerprint density at radius 1 is 1.29 bits per heavy atom. The van der Waals surface area contributed by atoms with Crippen molar-refractivity contribution in [3.63, 3.8) is 0 Å². The number of aliphatic carboxylic acids is 2. The molecule has 1 heterocycles. The molecular weight excluding hydrogens is 316 g/mol. The van der Waals surface area contributed by atoms with E-state index in [0.717, 1.165) is 15.6 Å². The first-order valence-corrected chi connectivity index (χ1v) is 8.12. The number of nitrogens with zero attached hydrogens (tertiary/aromatic N) is 2. The van der Waals surface area contributed by atoms with Gasteiger partial charge in [-0.15, -0.1) is 11.3 Å². The van der Waals surface area contributed by atoms with Gasteiger partial charge in [0.1, 0.15) is 13.1 Å². The molecule has 0 saturated carbocycles. The van der Waals surface area contributed by atoms with Gasteiger partial charge in [0.2, 0.25) is 5.91 Å². The van der Waals surface area contributed by atoms with Gasteiger partial charge < -0.3 is 15.1 Å². The molecule has 1 aromatic heterocycles. The van der Waals surface area contributed by atoms with Crippen molar-refractivity contribution in [1.82, 2.24) is 9.88 Å². The number of carbonyl (C=O) groups is 3. The first-order valence-electron chi connectivity index (χ1n) is 6.08. The van der Waals surface area contributed by atoms with Crippen LogP contribution in [0.15, 0.2) is 5.38 Å². The maximum absolute atomic E-state index is 11.8. The standard InChI is InChI=1S/C12H16N2O5S2/c1-8-13-9(7-21-8)6-20-3-2-10(15)14(4-11(16)17)5-12(18)19/h7H,2-6H2,1H3,(H,16,17)(H,18,19). The molecular formula is C12H16N2O5S2. The topological polar surface area (TPSA) is 108 Å². The Hall–Kier alpha value is -1.61. The summed E-state index contributed by atoms with van der Waals surface area (Å²) in [5.41, 5.74) is 0.947. The van der Waals surface area contributed by atoms with E-state index in [9.17, 15) is 14.4 Å². The summed E-state index contributed by atoms with van der Waals surface area (Å²) in [6, 6.07) is 0. The third kappa shape index (κ3) is 7.09. The van der Waals surface area contributed by atoms with E-state index in [1.54, 1.807) is 11.3 Å². The molecule has 2 N–H and O–H groups in total. The zero-order chi connectivity index (χ0) is 15.8.